The number of ether oxygens (including phenoxy) is 1. The number of aliphatic hydroxyl groups is 1. The van der Waals surface area contributed by atoms with Gasteiger partial charge in [-0.1, -0.05) is 50.1 Å². The van der Waals surface area contributed by atoms with Crippen molar-refractivity contribution >= 4 is 6.09 Å². The van der Waals surface area contributed by atoms with Gasteiger partial charge in [0.05, 0.1) is 12.1 Å². The van der Waals surface area contributed by atoms with Crippen molar-refractivity contribution in [3.8, 4) is 0 Å². The van der Waals surface area contributed by atoms with Gasteiger partial charge >= 0.3 is 6.09 Å². The van der Waals surface area contributed by atoms with Crippen LogP contribution in [0.5, 0.6) is 0 Å². The molecule has 1 saturated carbocycles. The molecular weight excluding hydrogens is 254 g/mol. The van der Waals surface area contributed by atoms with Crippen LogP contribution in [0.15, 0.2) is 30.3 Å². The molecule has 4 heteroatoms. The molecule has 0 heterocycles. The van der Waals surface area contributed by atoms with E-state index in [2.05, 4.69) is 12.2 Å². The summed E-state index contributed by atoms with van der Waals surface area (Å²) in [7, 11) is 0. The minimum Gasteiger partial charge on any atom is -0.445 e. The summed E-state index contributed by atoms with van der Waals surface area (Å²) in [6.07, 6.45) is 3.58. The average molecular weight is 277 g/mol. The second-order valence-electron chi connectivity index (χ2n) is 5.65. The summed E-state index contributed by atoms with van der Waals surface area (Å²) in [6, 6.07) is 9.58. The zero-order chi connectivity index (χ0) is 14.4. The Morgan fingerprint density at radius 2 is 2.15 bits per heavy atom. The molecule has 110 valence electrons. The highest BCUT2D eigenvalue weighted by Gasteiger charge is 2.39. The van der Waals surface area contributed by atoms with Crippen LogP contribution in [0.4, 0.5) is 4.79 Å². The van der Waals surface area contributed by atoms with Crippen molar-refractivity contribution in [1.29, 1.82) is 0 Å². The van der Waals surface area contributed by atoms with Crippen molar-refractivity contribution in [2.24, 2.45) is 5.92 Å². The van der Waals surface area contributed by atoms with E-state index in [1.54, 1.807) is 0 Å². The number of alkyl carbamates (subject to hydrolysis) is 1. The molecule has 1 aliphatic rings. The monoisotopic (exact) mass is 277 g/mol. The Morgan fingerprint density at radius 3 is 2.80 bits per heavy atom. The van der Waals surface area contributed by atoms with Crippen molar-refractivity contribution in [1.82, 2.24) is 5.32 Å². The Hall–Kier alpha value is -1.55. The van der Waals surface area contributed by atoms with Crippen LogP contribution in [-0.4, -0.2) is 23.3 Å². The molecule has 0 aliphatic heterocycles. The highest BCUT2D eigenvalue weighted by Crippen LogP contribution is 2.33. The van der Waals surface area contributed by atoms with Gasteiger partial charge in [-0.15, -0.1) is 0 Å². The Balaban J connectivity index is 1.89. The first-order valence-electron chi connectivity index (χ1n) is 7.26. The Kier molecular flexibility index (Phi) is 5.01. The highest BCUT2D eigenvalue weighted by atomic mass is 16.5. The van der Waals surface area contributed by atoms with Crippen LogP contribution in [0.2, 0.25) is 0 Å². The summed E-state index contributed by atoms with van der Waals surface area (Å²) in [5.41, 5.74) is 0.434. The lowest BCUT2D eigenvalue weighted by atomic mass is 9.74. The second-order valence-corrected chi connectivity index (χ2v) is 5.65. The Labute approximate surface area is 120 Å². The summed E-state index contributed by atoms with van der Waals surface area (Å²) in [5.74, 6) is 0.269. The third-order valence-corrected chi connectivity index (χ3v) is 4.30. The lowest BCUT2D eigenvalue weighted by Crippen LogP contribution is -2.57. The summed E-state index contributed by atoms with van der Waals surface area (Å²) in [5, 5.41) is 12.6. The molecule has 0 radical (unpaired) electrons. The van der Waals surface area contributed by atoms with E-state index in [0.717, 1.165) is 31.2 Å². The molecule has 4 nitrogen and oxygen atoms in total. The molecule has 1 amide bonds. The van der Waals surface area contributed by atoms with Gasteiger partial charge in [-0.25, -0.2) is 4.79 Å². The third kappa shape index (κ3) is 3.51. The largest absolute Gasteiger partial charge is 0.445 e. The minimum absolute atomic E-state index is 0.0331. The lowest BCUT2D eigenvalue weighted by molar-refractivity contribution is 0.0595. The standard InChI is InChI=1S/C16H23NO3/c1-13-7-5-6-10-16(13,12-18)17-15(19)20-11-14-8-3-2-4-9-14/h2-4,8-9,13,18H,5-7,10-12H2,1H3,(H,17,19). The lowest BCUT2D eigenvalue weighted by Gasteiger charge is -2.41. The smallest absolute Gasteiger partial charge is 0.407 e. The normalized spacial score (nSPS) is 26.0. The van der Waals surface area contributed by atoms with Crippen LogP contribution in [0.1, 0.15) is 38.2 Å². The van der Waals surface area contributed by atoms with E-state index in [0.29, 0.717) is 0 Å². The quantitative estimate of drug-likeness (QED) is 0.889. The number of carbonyl (C=O) groups excluding carboxylic acids is 1. The molecule has 0 spiro atoms. The molecule has 0 aromatic heterocycles. The summed E-state index contributed by atoms with van der Waals surface area (Å²) in [4.78, 5) is 11.9. The van der Waals surface area contributed by atoms with Gasteiger partial charge in [0.2, 0.25) is 0 Å². The molecule has 2 unspecified atom stereocenters. The van der Waals surface area contributed by atoms with E-state index in [-0.39, 0.29) is 19.1 Å². The van der Waals surface area contributed by atoms with E-state index in [4.69, 9.17) is 4.74 Å². The van der Waals surface area contributed by atoms with E-state index >= 15 is 0 Å². The van der Waals surface area contributed by atoms with E-state index < -0.39 is 11.6 Å². The number of hydrogen-bond donors (Lipinski definition) is 2. The number of benzene rings is 1. The van der Waals surface area contributed by atoms with Crippen LogP contribution in [0.3, 0.4) is 0 Å². The molecular formula is C16H23NO3. The fourth-order valence-electron chi connectivity index (χ4n) is 2.84. The van der Waals surface area contributed by atoms with Gasteiger partial charge in [0.1, 0.15) is 6.61 Å². The van der Waals surface area contributed by atoms with Gasteiger partial charge in [-0.2, -0.15) is 0 Å². The Bertz CT molecular complexity index is 435. The first-order valence-corrected chi connectivity index (χ1v) is 7.26. The number of hydrogen-bond acceptors (Lipinski definition) is 3. The summed E-state index contributed by atoms with van der Waals surface area (Å²) >= 11 is 0. The summed E-state index contributed by atoms with van der Waals surface area (Å²) in [6.45, 7) is 2.30. The van der Waals surface area contributed by atoms with E-state index in [9.17, 15) is 9.90 Å². The van der Waals surface area contributed by atoms with Crippen LogP contribution >= 0.6 is 0 Å². The fourth-order valence-corrected chi connectivity index (χ4v) is 2.84. The van der Waals surface area contributed by atoms with Crippen LogP contribution < -0.4 is 5.32 Å². The molecule has 0 bridgehead atoms. The van der Waals surface area contributed by atoms with Gasteiger partial charge in [0.15, 0.2) is 0 Å². The predicted molar refractivity (Wildman–Crippen MR) is 77.2 cm³/mol. The van der Waals surface area contributed by atoms with Crippen molar-refractivity contribution < 1.29 is 14.6 Å². The molecule has 1 aliphatic carbocycles. The van der Waals surface area contributed by atoms with Crippen molar-refractivity contribution in [3.05, 3.63) is 35.9 Å². The maximum Gasteiger partial charge on any atom is 0.407 e. The van der Waals surface area contributed by atoms with Gasteiger partial charge in [0, 0.05) is 0 Å². The predicted octanol–water partition coefficient (Wildman–Crippen LogP) is 2.85. The maximum atomic E-state index is 11.9. The molecule has 1 aromatic rings. The van der Waals surface area contributed by atoms with Gasteiger partial charge in [0.25, 0.3) is 0 Å². The molecule has 2 N–H and O–H groups in total. The number of carbonyl (C=O) groups is 1. The number of nitrogens with one attached hydrogen (secondary N) is 1. The van der Waals surface area contributed by atoms with Crippen molar-refractivity contribution in [2.75, 3.05) is 6.61 Å². The SMILES string of the molecule is CC1CCCCC1(CO)NC(=O)OCc1ccccc1. The zero-order valence-corrected chi connectivity index (χ0v) is 12.0. The maximum absolute atomic E-state index is 11.9. The second kappa shape index (κ2) is 6.75. The molecule has 20 heavy (non-hydrogen) atoms. The molecule has 2 atom stereocenters. The number of amides is 1. The highest BCUT2D eigenvalue weighted by molar-refractivity contribution is 5.68. The number of rotatable bonds is 4. The molecule has 0 saturated heterocycles. The zero-order valence-electron chi connectivity index (χ0n) is 12.0. The number of aliphatic hydroxyl groups excluding tert-OH is 1. The molecule has 1 aromatic carbocycles. The Morgan fingerprint density at radius 1 is 1.40 bits per heavy atom. The van der Waals surface area contributed by atoms with E-state index in [1.165, 1.54) is 0 Å². The first kappa shape index (κ1) is 14.9. The molecule has 1 fully saturated rings. The average Bonchev–Trinajstić information content (AvgIpc) is 2.49. The summed E-state index contributed by atoms with van der Waals surface area (Å²) < 4.78 is 5.24. The van der Waals surface area contributed by atoms with Crippen molar-refractivity contribution in [3.63, 3.8) is 0 Å². The van der Waals surface area contributed by atoms with Crippen LogP contribution in [0, 0.1) is 5.92 Å². The minimum atomic E-state index is -0.522. The van der Waals surface area contributed by atoms with E-state index in [1.807, 2.05) is 30.3 Å². The first-order chi connectivity index (χ1) is 9.66. The van der Waals surface area contributed by atoms with Crippen molar-refractivity contribution in [2.45, 2.75) is 44.8 Å². The van der Waals surface area contributed by atoms with Crippen LogP contribution in [0.25, 0.3) is 0 Å². The fraction of sp³-hybridized carbons (Fsp3) is 0.562. The van der Waals surface area contributed by atoms with Gasteiger partial charge in [-0.05, 0) is 24.3 Å². The van der Waals surface area contributed by atoms with Crippen LogP contribution in [-0.2, 0) is 11.3 Å². The van der Waals surface area contributed by atoms with Gasteiger partial charge in [-0.3, -0.25) is 0 Å². The topological polar surface area (TPSA) is 58.6 Å². The van der Waals surface area contributed by atoms with Gasteiger partial charge < -0.3 is 15.2 Å². The third-order valence-electron chi connectivity index (χ3n) is 4.30. The molecule has 2 rings (SSSR count).